The van der Waals surface area contributed by atoms with Crippen LogP contribution in [-0.2, 0) is 0 Å². The van der Waals surface area contributed by atoms with Crippen molar-refractivity contribution in [2.75, 3.05) is 7.05 Å². The van der Waals surface area contributed by atoms with E-state index in [4.69, 9.17) is 0 Å². The highest BCUT2D eigenvalue weighted by molar-refractivity contribution is 5.79. The van der Waals surface area contributed by atoms with Gasteiger partial charge in [-0.3, -0.25) is 4.98 Å². The van der Waals surface area contributed by atoms with Gasteiger partial charge >= 0.3 is 0 Å². The average Bonchev–Trinajstić information content (AvgIpc) is 2.35. The first-order valence-electron chi connectivity index (χ1n) is 5.87. The van der Waals surface area contributed by atoms with Crippen LogP contribution in [0.3, 0.4) is 0 Å². The van der Waals surface area contributed by atoms with Gasteiger partial charge in [-0.05, 0) is 44.7 Å². The fraction of sp³-hybridized carbons (Fsp3) is 0.267. The van der Waals surface area contributed by atoms with Crippen LogP contribution >= 0.6 is 0 Å². The van der Waals surface area contributed by atoms with Crippen LogP contribution in [0.1, 0.15) is 25.5 Å². The molecule has 1 aromatic carbocycles. The van der Waals surface area contributed by atoms with Crippen molar-refractivity contribution in [3.8, 4) is 0 Å². The molecule has 2 heteroatoms. The molecule has 0 amide bonds. The Bertz CT molecular complexity index is 539. The number of hydrogen-bond acceptors (Lipinski definition) is 2. The zero-order valence-corrected chi connectivity index (χ0v) is 10.6. The molecule has 1 aromatic heterocycles. The third-order valence-electron chi connectivity index (χ3n) is 2.80. The van der Waals surface area contributed by atoms with Crippen molar-refractivity contribution in [3.63, 3.8) is 0 Å². The summed E-state index contributed by atoms with van der Waals surface area (Å²) >= 11 is 0. The molecule has 88 valence electrons. The van der Waals surface area contributed by atoms with Crippen LogP contribution < -0.4 is 5.32 Å². The van der Waals surface area contributed by atoms with Crippen molar-refractivity contribution in [1.29, 1.82) is 0 Å². The van der Waals surface area contributed by atoms with Gasteiger partial charge in [-0.25, -0.2) is 0 Å². The molecule has 0 spiro atoms. The standard InChI is InChI=1S/C15H18N2/c1-11(2)9-15(16-3)13-6-7-14-12(10-13)5-4-8-17-14/h4-10,15-16H,1-3H3. The smallest absolute Gasteiger partial charge is 0.0702 e. The fourth-order valence-electron chi connectivity index (χ4n) is 1.97. The second kappa shape index (κ2) is 5.11. The van der Waals surface area contributed by atoms with Crippen LogP contribution in [0.5, 0.6) is 0 Å². The summed E-state index contributed by atoms with van der Waals surface area (Å²) in [4.78, 5) is 4.33. The zero-order chi connectivity index (χ0) is 12.3. The van der Waals surface area contributed by atoms with Crippen LogP contribution in [0.2, 0.25) is 0 Å². The molecular formula is C15H18N2. The van der Waals surface area contributed by atoms with Crippen LogP contribution in [0.15, 0.2) is 48.2 Å². The average molecular weight is 226 g/mol. The Balaban J connectivity index is 2.44. The van der Waals surface area contributed by atoms with Crippen LogP contribution in [0.4, 0.5) is 0 Å². The Morgan fingerprint density at radius 3 is 2.82 bits per heavy atom. The summed E-state index contributed by atoms with van der Waals surface area (Å²) in [5.41, 5.74) is 3.63. The minimum atomic E-state index is 0.268. The molecule has 1 unspecified atom stereocenters. The third kappa shape index (κ3) is 2.71. The molecule has 0 fully saturated rings. The lowest BCUT2D eigenvalue weighted by molar-refractivity contribution is 0.711. The summed E-state index contributed by atoms with van der Waals surface area (Å²) in [5, 5.41) is 4.50. The molecule has 17 heavy (non-hydrogen) atoms. The number of nitrogens with zero attached hydrogens (tertiary/aromatic N) is 1. The fourth-order valence-corrected chi connectivity index (χ4v) is 1.97. The minimum Gasteiger partial charge on any atom is -0.310 e. The highest BCUT2D eigenvalue weighted by Crippen LogP contribution is 2.20. The highest BCUT2D eigenvalue weighted by Gasteiger charge is 2.06. The lowest BCUT2D eigenvalue weighted by Crippen LogP contribution is -2.14. The van der Waals surface area contributed by atoms with Gasteiger partial charge in [-0.2, -0.15) is 0 Å². The van der Waals surface area contributed by atoms with Gasteiger partial charge in [0.05, 0.1) is 11.6 Å². The molecular weight excluding hydrogens is 208 g/mol. The molecule has 0 bridgehead atoms. The summed E-state index contributed by atoms with van der Waals surface area (Å²) in [6.45, 7) is 4.24. The Kier molecular flexibility index (Phi) is 3.55. The van der Waals surface area contributed by atoms with Crippen LogP contribution in [0, 0.1) is 0 Å². The molecule has 2 rings (SSSR count). The van der Waals surface area contributed by atoms with Gasteiger partial charge < -0.3 is 5.32 Å². The quantitative estimate of drug-likeness (QED) is 0.811. The number of hydrogen-bond donors (Lipinski definition) is 1. The summed E-state index contributed by atoms with van der Waals surface area (Å²) < 4.78 is 0. The molecule has 1 N–H and O–H groups in total. The van der Waals surface area contributed by atoms with Gasteiger partial charge in [0, 0.05) is 11.6 Å². The SMILES string of the molecule is CNC(C=C(C)C)c1ccc2ncccc2c1. The predicted octanol–water partition coefficient (Wildman–Crippen LogP) is 3.46. The number of likely N-dealkylation sites (N-methyl/N-ethyl adjacent to an activating group) is 1. The highest BCUT2D eigenvalue weighted by atomic mass is 14.9. The molecule has 0 radical (unpaired) electrons. The van der Waals surface area contributed by atoms with E-state index in [1.807, 2.05) is 19.3 Å². The van der Waals surface area contributed by atoms with Gasteiger partial charge in [0.15, 0.2) is 0 Å². The Hall–Kier alpha value is -1.67. The molecule has 1 atom stereocenters. The first-order chi connectivity index (χ1) is 8.20. The van der Waals surface area contributed by atoms with Gasteiger partial charge in [0.25, 0.3) is 0 Å². The molecule has 1 heterocycles. The van der Waals surface area contributed by atoms with E-state index in [2.05, 4.69) is 54.5 Å². The molecule has 0 aliphatic heterocycles. The second-order valence-corrected chi connectivity index (χ2v) is 4.47. The van der Waals surface area contributed by atoms with E-state index < -0.39 is 0 Å². The monoisotopic (exact) mass is 226 g/mol. The summed E-state index contributed by atoms with van der Waals surface area (Å²) in [5.74, 6) is 0. The Labute approximate surface area is 102 Å². The topological polar surface area (TPSA) is 24.9 Å². The number of allylic oxidation sites excluding steroid dienone is 1. The summed E-state index contributed by atoms with van der Waals surface area (Å²) in [6, 6.07) is 10.7. The number of nitrogens with one attached hydrogen (secondary N) is 1. The maximum atomic E-state index is 4.33. The maximum absolute atomic E-state index is 4.33. The van der Waals surface area contributed by atoms with Crippen molar-refractivity contribution in [2.45, 2.75) is 19.9 Å². The van der Waals surface area contributed by atoms with Gasteiger partial charge in [-0.15, -0.1) is 0 Å². The summed E-state index contributed by atoms with van der Waals surface area (Å²) in [7, 11) is 1.98. The molecule has 0 saturated heterocycles. The van der Waals surface area contributed by atoms with Gasteiger partial charge in [0.2, 0.25) is 0 Å². The van der Waals surface area contributed by atoms with Crippen molar-refractivity contribution in [3.05, 3.63) is 53.7 Å². The molecule has 2 aromatic rings. The van der Waals surface area contributed by atoms with Crippen LogP contribution in [0.25, 0.3) is 10.9 Å². The van der Waals surface area contributed by atoms with Crippen molar-refractivity contribution in [1.82, 2.24) is 10.3 Å². The van der Waals surface area contributed by atoms with Gasteiger partial charge in [-0.1, -0.05) is 23.8 Å². The van der Waals surface area contributed by atoms with E-state index in [1.54, 1.807) is 0 Å². The number of fused-ring (bicyclic) bond motifs is 1. The first-order valence-corrected chi connectivity index (χ1v) is 5.87. The molecule has 0 aliphatic rings. The van der Waals surface area contributed by atoms with E-state index in [9.17, 15) is 0 Å². The number of pyridine rings is 1. The van der Waals surface area contributed by atoms with Gasteiger partial charge in [0.1, 0.15) is 0 Å². The van der Waals surface area contributed by atoms with E-state index in [0.717, 1.165) is 5.52 Å². The van der Waals surface area contributed by atoms with E-state index in [1.165, 1.54) is 16.5 Å². The number of aromatic nitrogens is 1. The third-order valence-corrected chi connectivity index (χ3v) is 2.80. The molecule has 0 aliphatic carbocycles. The number of rotatable bonds is 3. The molecule has 2 nitrogen and oxygen atoms in total. The lowest BCUT2D eigenvalue weighted by Gasteiger charge is -2.13. The maximum Gasteiger partial charge on any atom is 0.0702 e. The van der Waals surface area contributed by atoms with E-state index in [0.29, 0.717) is 0 Å². The minimum absolute atomic E-state index is 0.268. The lowest BCUT2D eigenvalue weighted by atomic mass is 10.0. The number of benzene rings is 1. The zero-order valence-electron chi connectivity index (χ0n) is 10.6. The van der Waals surface area contributed by atoms with Crippen LogP contribution in [-0.4, -0.2) is 12.0 Å². The first kappa shape index (κ1) is 11.8. The summed E-state index contributed by atoms with van der Waals surface area (Å²) in [6.07, 6.45) is 4.06. The molecule has 0 saturated carbocycles. The second-order valence-electron chi connectivity index (χ2n) is 4.47. The Morgan fingerprint density at radius 2 is 2.12 bits per heavy atom. The van der Waals surface area contributed by atoms with E-state index >= 15 is 0 Å². The Morgan fingerprint density at radius 1 is 1.29 bits per heavy atom. The van der Waals surface area contributed by atoms with Crippen molar-refractivity contribution in [2.24, 2.45) is 0 Å². The van der Waals surface area contributed by atoms with E-state index in [-0.39, 0.29) is 6.04 Å². The largest absolute Gasteiger partial charge is 0.310 e. The normalized spacial score (nSPS) is 12.4. The van der Waals surface area contributed by atoms with Crippen molar-refractivity contribution >= 4 is 10.9 Å². The van der Waals surface area contributed by atoms with Crippen molar-refractivity contribution < 1.29 is 0 Å². The predicted molar refractivity (Wildman–Crippen MR) is 73.0 cm³/mol.